The molecule has 4 nitrogen and oxygen atoms in total. The zero-order valence-corrected chi connectivity index (χ0v) is 20.4. The van der Waals surface area contributed by atoms with Gasteiger partial charge in [0.05, 0.1) is 28.6 Å². The van der Waals surface area contributed by atoms with Crippen molar-refractivity contribution in [1.82, 2.24) is 9.78 Å². The lowest BCUT2D eigenvalue weighted by molar-refractivity contribution is 0.331. The van der Waals surface area contributed by atoms with Gasteiger partial charge in [-0.3, -0.25) is 4.68 Å². The molecule has 4 heteroatoms. The molecule has 6 rings (SSSR count). The molecule has 2 heterocycles. The number of aromatic nitrogens is 2. The van der Waals surface area contributed by atoms with Crippen LogP contribution in [-0.2, 0) is 0 Å². The number of rotatable bonds is 5. The highest BCUT2D eigenvalue weighted by molar-refractivity contribution is 6.14. The zero-order chi connectivity index (χ0) is 23.5. The Morgan fingerprint density at radius 2 is 1.37 bits per heavy atom. The Kier molecular flexibility index (Phi) is 6.35. The number of nitrogens with zero attached hydrogens (tertiary/aromatic N) is 4. The quantitative estimate of drug-likeness (QED) is 0.285. The summed E-state index contributed by atoms with van der Waals surface area (Å²) in [5, 5.41) is 6.26. The number of anilines is 1. The van der Waals surface area contributed by atoms with E-state index < -0.39 is 0 Å². The average Bonchev–Trinajstić information content (AvgIpc) is 3.36. The highest BCUT2D eigenvalue weighted by atomic mass is 15.3. The summed E-state index contributed by atoms with van der Waals surface area (Å²) >= 11 is 0. The monoisotopic (exact) mass is 462 g/mol. The van der Waals surface area contributed by atoms with Gasteiger partial charge in [0.1, 0.15) is 0 Å². The molecule has 0 spiro atoms. The predicted molar refractivity (Wildman–Crippen MR) is 146 cm³/mol. The normalized spacial score (nSPS) is 17.0. The summed E-state index contributed by atoms with van der Waals surface area (Å²) in [7, 11) is 0. The Bertz CT molecular complexity index is 1250. The first kappa shape index (κ1) is 22.1. The lowest BCUT2D eigenvalue weighted by Gasteiger charge is -2.30. The molecule has 1 saturated heterocycles. The van der Waals surface area contributed by atoms with Crippen LogP contribution < -0.4 is 4.90 Å². The first-order valence-corrected chi connectivity index (χ1v) is 13.3. The number of piperidine rings is 1. The van der Waals surface area contributed by atoms with E-state index in [-0.39, 0.29) is 0 Å². The molecule has 1 aromatic heterocycles. The minimum atomic E-state index is 0.533. The van der Waals surface area contributed by atoms with Crippen molar-refractivity contribution in [2.24, 2.45) is 4.99 Å². The van der Waals surface area contributed by atoms with Gasteiger partial charge in [-0.05, 0) is 44.2 Å². The van der Waals surface area contributed by atoms with Gasteiger partial charge in [-0.25, -0.2) is 4.99 Å². The lowest BCUT2D eigenvalue weighted by Crippen LogP contribution is -2.29. The van der Waals surface area contributed by atoms with Crippen molar-refractivity contribution in [3.05, 3.63) is 90.1 Å². The van der Waals surface area contributed by atoms with Crippen LogP contribution in [-0.4, -0.2) is 28.6 Å². The van der Waals surface area contributed by atoms with E-state index in [2.05, 4.69) is 88.6 Å². The summed E-state index contributed by atoms with van der Waals surface area (Å²) in [5.41, 5.74) is 6.66. The summed E-state index contributed by atoms with van der Waals surface area (Å²) < 4.78 is 2.24. The number of hydrogen-bond acceptors (Lipinski definition) is 3. The van der Waals surface area contributed by atoms with E-state index in [0.29, 0.717) is 6.04 Å². The molecule has 1 saturated carbocycles. The summed E-state index contributed by atoms with van der Waals surface area (Å²) in [5.74, 6) is 0. The highest BCUT2D eigenvalue weighted by Crippen LogP contribution is 2.37. The van der Waals surface area contributed by atoms with E-state index >= 15 is 0 Å². The molecule has 0 N–H and O–H groups in total. The van der Waals surface area contributed by atoms with Gasteiger partial charge < -0.3 is 4.90 Å². The van der Waals surface area contributed by atoms with Crippen molar-refractivity contribution in [1.29, 1.82) is 0 Å². The minimum absolute atomic E-state index is 0.533. The molecule has 4 aromatic rings. The molecule has 3 aromatic carbocycles. The SMILES string of the molecule is c1ccc(C(=Nc2cc3cn(C4CCCCC4)nc3cc2N2CCCCC2)c2ccccc2)cc1. The zero-order valence-electron chi connectivity index (χ0n) is 20.4. The Labute approximate surface area is 208 Å². The fraction of sp³-hybridized carbons (Fsp3) is 0.355. The Balaban J connectivity index is 1.50. The van der Waals surface area contributed by atoms with Crippen LogP contribution in [0.4, 0.5) is 11.4 Å². The summed E-state index contributed by atoms with van der Waals surface area (Å²) in [6.07, 6.45) is 12.5. The smallest absolute Gasteiger partial charge is 0.0945 e. The van der Waals surface area contributed by atoms with Gasteiger partial charge in [0.25, 0.3) is 0 Å². The van der Waals surface area contributed by atoms with Gasteiger partial charge >= 0.3 is 0 Å². The van der Waals surface area contributed by atoms with E-state index in [1.54, 1.807) is 0 Å². The van der Waals surface area contributed by atoms with E-state index in [1.807, 2.05) is 0 Å². The number of fused-ring (bicyclic) bond motifs is 1. The Morgan fingerprint density at radius 3 is 2.03 bits per heavy atom. The van der Waals surface area contributed by atoms with Crippen molar-refractivity contribution in [2.75, 3.05) is 18.0 Å². The third kappa shape index (κ3) is 4.75. The number of aliphatic imine (C=N–C) groups is 1. The maximum absolute atomic E-state index is 5.38. The van der Waals surface area contributed by atoms with Crippen molar-refractivity contribution in [2.45, 2.75) is 57.4 Å². The van der Waals surface area contributed by atoms with Crippen LogP contribution in [0.25, 0.3) is 10.9 Å². The maximum Gasteiger partial charge on any atom is 0.0945 e. The Hall–Kier alpha value is -3.40. The molecular formula is C31H34N4. The van der Waals surface area contributed by atoms with E-state index in [1.165, 1.54) is 62.4 Å². The van der Waals surface area contributed by atoms with Crippen molar-refractivity contribution in [3.8, 4) is 0 Å². The molecule has 2 aliphatic rings. The largest absolute Gasteiger partial charge is 0.370 e. The number of hydrogen-bond donors (Lipinski definition) is 0. The molecule has 1 aliphatic carbocycles. The highest BCUT2D eigenvalue weighted by Gasteiger charge is 2.20. The molecule has 2 fully saturated rings. The predicted octanol–water partition coefficient (Wildman–Crippen LogP) is 7.70. The second-order valence-corrected chi connectivity index (χ2v) is 10.0. The molecule has 0 unspecified atom stereocenters. The van der Waals surface area contributed by atoms with Crippen LogP contribution >= 0.6 is 0 Å². The molecule has 0 radical (unpaired) electrons. The molecule has 0 bridgehead atoms. The lowest BCUT2D eigenvalue weighted by atomic mass is 9.96. The fourth-order valence-electron chi connectivity index (χ4n) is 5.69. The van der Waals surface area contributed by atoms with E-state index in [4.69, 9.17) is 10.1 Å². The Morgan fingerprint density at radius 1 is 0.743 bits per heavy atom. The summed E-state index contributed by atoms with van der Waals surface area (Å²) in [6, 6.07) is 26.3. The molecule has 178 valence electrons. The fourth-order valence-corrected chi connectivity index (χ4v) is 5.69. The second-order valence-electron chi connectivity index (χ2n) is 10.0. The van der Waals surface area contributed by atoms with Gasteiger partial charge in [-0.1, -0.05) is 79.9 Å². The summed E-state index contributed by atoms with van der Waals surface area (Å²) in [4.78, 5) is 7.91. The van der Waals surface area contributed by atoms with Crippen LogP contribution in [0.15, 0.2) is 84.0 Å². The third-order valence-electron chi connectivity index (χ3n) is 7.59. The average molecular weight is 463 g/mol. The van der Waals surface area contributed by atoms with Crippen molar-refractivity contribution < 1.29 is 0 Å². The van der Waals surface area contributed by atoms with Crippen LogP contribution in [0, 0.1) is 0 Å². The van der Waals surface area contributed by atoms with Crippen LogP contribution in [0.2, 0.25) is 0 Å². The van der Waals surface area contributed by atoms with Gasteiger partial charge in [-0.2, -0.15) is 5.10 Å². The minimum Gasteiger partial charge on any atom is -0.370 e. The van der Waals surface area contributed by atoms with Gasteiger partial charge in [0, 0.05) is 35.8 Å². The first-order valence-electron chi connectivity index (χ1n) is 13.3. The first-order chi connectivity index (χ1) is 17.3. The topological polar surface area (TPSA) is 33.4 Å². The van der Waals surface area contributed by atoms with Crippen molar-refractivity contribution >= 4 is 28.0 Å². The van der Waals surface area contributed by atoms with Crippen LogP contribution in [0.5, 0.6) is 0 Å². The molecule has 35 heavy (non-hydrogen) atoms. The summed E-state index contributed by atoms with van der Waals surface area (Å²) in [6.45, 7) is 2.17. The molecular weight excluding hydrogens is 428 g/mol. The third-order valence-corrected chi connectivity index (χ3v) is 7.59. The van der Waals surface area contributed by atoms with Gasteiger partial charge in [0.15, 0.2) is 0 Å². The van der Waals surface area contributed by atoms with Crippen LogP contribution in [0.1, 0.15) is 68.5 Å². The van der Waals surface area contributed by atoms with Gasteiger partial charge in [-0.15, -0.1) is 0 Å². The number of benzene rings is 3. The maximum atomic E-state index is 5.38. The second kappa shape index (κ2) is 10.1. The molecule has 0 atom stereocenters. The van der Waals surface area contributed by atoms with E-state index in [0.717, 1.165) is 41.1 Å². The van der Waals surface area contributed by atoms with Crippen LogP contribution in [0.3, 0.4) is 0 Å². The molecule has 1 aliphatic heterocycles. The van der Waals surface area contributed by atoms with E-state index in [9.17, 15) is 0 Å². The van der Waals surface area contributed by atoms with Gasteiger partial charge in [0.2, 0.25) is 0 Å². The molecule has 0 amide bonds. The standard InChI is InChI=1S/C31H34N4/c1-5-13-24(14-6-1)31(25-15-7-2-8-16-25)32-29-21-26-23-35(27-17-9-3-10-18-27)33-28(26)22-30(29)34-19-11-4-12-20-34/h1-2,5-8,13-16,21-23,27H,3-4,9-12,17-20H2. The van der Waals surface area contributed by atoms with Crippen molar-refractivity contribution in [3.63, 3.8) is 0 Å².